The Labute approximate surface area is 73.4 Å². The molecule has 0 spiro atoms. The minimum atomic E-state index is -0.587. The number of H-pyrrole nitrogens is 1. The summed E-state index contributed by atoms with van der Waals surface area (Å²) in [5.41, 5.74) is 5.83. The lowest BCUT2D eigenvalue weighted by molar-refractivity contribution is 0.0996. The number of halogens is 1. The molecule has 0 aliphatic carbocycles. The number of rotatable bonds is 1. The maximum atomic E-state index is 13.1. The number of carbonyl (C=O) groups excluding carboxylic acids is 1. The van der Waals surface area contributed by atoms with Gasteiger partial charge >= 0.3 is 0 Å². The van der Waals surface area contributed by atoms with Gasteiger partial charge in [0.15, 0.2) is 0 Å². The Morgan fingerprint density at radius 1 is 1.46 bits per heavy atom. The fourth-order valence-corrected chi connectivity index (χ4v) is 1.25. The number of benzene rings is 1. The van der Waals surface area contributed by atoms with Crippen LogP contribution in [0.25, 0.3) is 10.9 Å². The molecule has 1 aromatic heterocycles. The Hall–Kier alpha value is -1.84. The molecule has 4 heteroatoms. The van der Waals surface area contributed by atoms with E-state index in [4.69, 9.17) is 5.73 Å². The first-order valence-electron chi connectivity index (χ1n) is 3.75. The van der Waals surface area contributed by atoms with E-state index in [2.05, 4.69) is 4.98 Å². The molecule has 66 valence electrons. The van der Waals surface area contributed by atoms with Gasteiger partial charge in [-0.25, -0.2) is 4.39 Å². The van der Waals surface area contributed by atoms with Crippen LogP contribution in [-0.4, -0.2) is 10.9 Å². The summed E-state index contributed by atoms with van der Waals surface area (Å²) < 4.78 is 13.1. The second-order valence-electron chi connectivity index (χ2n) is 2.75. The molecule has 0 saturated carbocycles. The quantitative estimate of drug-likeness (QED) is 0.681. The summed E-state index contributed by atoms with van der Waals surface area (Å²) in [7, 11) is 0. The van der Waals surface area contributed by atoms with Gasteiger partial charge in [0.1, 0.15) is 11.5 Å². The lowest BCUT2D eigenvalue weighted by Crippen LogP contribution is -2.10. The molecule has 1 amide bonds. The third-order valence-electron chi connectivity index (χ3n) is 1.88. The van der Waals surface area contributed by atoms with E-state index in [-0.39, 0.29) is 11.5 Å². The first kappa shape index (κ1) is 7.79. The van der Waals surface area contributed by atoms with Gasteiger partial charge < -0.3 is 10.7 Å². The predicted molar refractivity (Wildman–Crippen MR) is 46.8 cm³/mol. The lowest BCUT2D eigenvalue weighted by atomic mass is 10.2. The molecule has 0 aliphatic heterocycles. The first-order valence-corrected chi connectivity index (χ1v) is 3.75. The zero-order valence-electron chi connectivity index (χ0n) is 6.67. The number of aromatic nitrogens is 1. The molecule has 1 heterocycles. The first-order chi connectivity index (χ1) is 6.18. The van der Waals surface area contributed by atoms with Gasteiger partial charge in [-0.15, -0.1) is 0 Å². The number of hydrogen-bond donors (Lipinski definition) is 2. The Balaban J connectivity index is 2.75. The molecule has 1 aromatic carbocycles. The van der Waals surface area contributed by atoms with Crippen molar-refractivity contribution in [1.29, 1.82) is 0 Å². The number of fused-ring (bicyclic) bond motifs is 1. The van der Waals surface area contributed by atoms with Crippen LogP contribution in [0.5, 0.6) is 0 Å². The molecule has 0 radical (unpaired) electrons. The van der Waals surface area contributed by atoms with E-state index in [0.717, 1.165) is 0 Å². The summed E-state index contributed by atoms with van der Waals surface area (Å²) >= 11 is 0. The van der Waals surface area contributed by atoms with Crippen LogP contribution in [0.15, 0.2) is 24.3 Å². The topological polar surface area (TPSA) is 58.9 Å². The van der Waals surface area contributed by atoms with Gasteiger partial charge in [0.05, 0.1) is 0 Å². The van der Waals surface area contributed by atoms with Crippen molar-refractivity contribution in [2.75, 3.05) is 0 Å². The van der Waals surface area contributed by atoms with Crippen LogP contribution in [0.1, 0.15) is 10.5 Å². The van der Waals surface area contributed by atoms with E-state index in [0.29, 0.717) is 10.9 Å². The average molecular weight is 178 g/mol. The fraction of sp³-hybridized carbons (Fsp3) is 0. The average Bonchev–Trinajstić information content (AvgIpc) is 2.49. The van der Waals surface area contributed by atoms with Gasteiger partial charge in [-0.05, 0) is 18.2 Å². The third kappa shape index (κ3) is 1.16. The molecule has 13 heavy (non-hydrogen) atoms. The van der Waals surface area contributed by atoms with E-state index >= 15 is 0 Å². The Kier molecular flexibility index (Phi) is 1.55. The summed E-state index contributed by atoms with van der Waals surface area (Å²) in [5, 5.41) is 0.385. The van der Waals surface area contributed by atoms with Crippen LogP contribution in [0.2, 0.25) is 0 Å². The molecule has 0 aliphatic rings. The zero-order valence-corrected chi connectivity index (χ0v) is 6.67. The van der Waals surface area contributed by atoms with Crippen molar-refractivity contribution in [3.8, 4) is 0 Å². The summed E-state index contributed by atoms with van der Waals surface area (Å²) in [4.78, 5) is 13.5. The molecule has 2 aromatic rings. The van der Waals surface area contributed by atoms with E-state index in [1.54, 1.807) is 12.1 Å². The molecule has 0 bridgehead atoms. The van der Waals surface area contributed by atoms with Gasteiger partial charge in [-0.3, -0.25) is 4.79 Å². The molecular formula is C9H7FN2O. The van der Waals surface area contributed by atoms with Gasteiger partial charge in [0.2, 0.25) is 0 Å². The van der Waals surface area contributed by atoms with Crippen molar-refractivity contribution < 1.29 is 9.18 Å². The van der Waals surface area contributed by atoms with Crippen molar-refractivity contribution in [2.24, 2.45) is 5.73 Å². The maximum Gasteiger partial charge on any atom is 0.265 e. The van der Waals surface area contributed by atoms with E-state index in [1.807, 2.05) is 0 Å². The minimum absolute atomic E-state index is 0.222. The molecule has 2 rings (SSSR count). The largest absolute Gasteiger partial charge is 0.364 e. The summed E-state index contributed by atoms with van der Waals surface area (Å²) in [6.07, 6.45) is 0. The summed E-state index contributed by atoms with van der Waals surface area (Å²) in [6.45, 7) is 0. The van der Waals surface area contributed by atoms with E-state index in [9.17, 15) is 9.18 Å². The van der Waals surface area contributed by atoms with Crippen LogP contribution in [-0.2, 0) is 0 Å². The van der Waals surface area contributed by atoms with Crippen molar-refractivity contribution in [3.63, 3.8) is 0 Å². The number of hydrogen-bond acceptors (Lipinski definition) is 1. The molecule has 0 fully saturated rings. The fourth-order valence-electron chi connectivity index (χ4n) is 1.25. The van der Waals surface area contributed by atoms with Gasteiger partial charge in [-0.2, -0.15) is 0 Å². The monoisotopic (exact) mass is 178 g/mol. The van der Waals surface area contributed by atoms with Crippen molar-refractivity contribution in [1.82, 2.24) is 4.98 Å². The standard InChI is InChI=1S/C9H7FN2O/c10-6-2-1-3-7-5(6)4-8(12-7)9(11)13/h1-4,12H,(H2,11,13). The minimum Gasteiger partial charge on any atom is -0.364 e. The SMILES string of the molecule is NC(=O)c1cc2c(F)cccc2[nH]1. The highest BCUT2D eigenvalue weighted by atomic mass is 19.1. The van der Waals surface area contributed by atoms with Crippen LogP contribution in [0, 0.1) is 5.82 Å². The third-order valence-corrected chi connectivity index (χ3v) is 1.88. The molecular weight excluding hydrogens is 171 g/mol. The highest BCUT2D eigenvalue weighted by Gasteiger charge is 2.07. The highest BCUT2D eigenvalue weighted by molar-refractivity contribution is 5.97. The van der Waals surface area contributed by atoms with Crippen molar-refractivity contribution in [3.05, 3.63) is 35.8 Å². The van der Waals surface area contributed by atoms with Gasteiger partial charge in [0, 0.05) is 10.9 Å². The van der Waals surface area contributed by atoms with Crippen LogP contribution < -0.4 is 5.73 Å². The normalized spacial score (nSPS) is 10.5. The summed E-state index contributed by atoms with van der Waals surface area (Å²) in [6, 6.07) is 6.00. The highest BCUT2D eigenvalue weighted by Crippen LogP contribution is 2.17. The number of nitrogens with one attached hydrogen (secondary N) is 1. The van der Waals surface area contributed by atoms with E-state index < -0.39 is 5.91 Å². The lowest BCUT2D eigenvalue weighted by Gasteiger charge is -1.88. The second kappa shape index (κ2) is 2.58. The second-order valence-corrected chi connectivity index (χ2v) is 2.75. The molecule has 0 saturated heterocycles. The zero-order chi connectivity index (χ0) is 9.42. The Morgan fingerprint density at radius 3 is 2.85 bits per heavy atom. The predicted octanol–water partition coefficient (Wildman–Crippen LogP) is 1.41. The van der Waals surface area contributed by atoms with Gasteiger partial charge in [0.25, 0.3) is 5.91 Å². The Morgan fingerprint density at radius 2 is 2.23 bits per heavy atom. The molecule has 0 atom stereocenters. The number of amides is 1. The summed E-state index contributed by atoms with van der Waals surface area (Å²) in [5.74, 6) is -0.947. The van der Waals surface area contributed by atoms with E-state index in [1.165, 1.54) is 12.1 Å². The number of carbonyl (C=O) groups is 1. The van der Waals surface area contributed by atoms with Crippen molar-refractivity contribution in [2.45, 2.75) is 0 Å². The number of primary amides is 1. The molecule has 3 nitrogen and oxygen atoms in total. The Bertz CT molecular complexity index is 475. The van der Waals surface area contributed by atoms with Crippen LogP contribution in [0.3, 0.4) is 0 Å². The number of aromatic amines is 1. The molecule has 3 N–H and O–H groups in total. The smallest absolute Gasteiger partial charge is 0.265 e. The number of nitrogens with two attached hydrogens (primary N) is 1. The maximum absolute atomic E-state index is 13.1. The van der Waals surface area contributed by atoms with Crippen LogP contribution >= 0.6 is 0 Å². The van der Waals surface area contributed by atoms with Gasteiger partial charge in [-0.1, -0.05) is 6.07 Å². The van der Waals surface area contributed by atoms with Crippen LogP contribution in [0.4, 0.5) is 4.39 Å². The van der Waals surface area contributed by atoms with Crippen molar-refractivity contribution >= 4 is 16.8 Å². The molecule has 0 unspecified atom stereocenters.